The molecule has 3 aromatic rings. The summed E-state index contributed by atoms with van der Waals surface area (Å²) in [6.07, 6.45) is 0. The summed E-state index contributed by atoms with van der Waals surface area (Å²) in [6.45, 7) is 0. The van der Waals surface area contributed by atoms with Crippen LogP contribution >= 0.6 is 38.9 Å². The fourth-order valence-corrected chi connectivity index (χ4v) is 3.16. The van der Waals surface area contributed by atoms with E-state index in [0.717, 1.165) is 20.5 Å². The second-order valence-corrected chi connectivity index (χ2v) is 6.14. The van der Waals surface area contributed by atoms with Crippen LogP contribution in [0.5, 0.6) is 0 Å². The molecule has 0 atom stereocenters. The molecule has 2 aromatic heterocycles. The Morgan fingerprint density at radius 3 is 2.89 bits per heavy atom. The molecule has 0 bridgehead atoms. The van der Waals surface area contributed by atoms with E-state index in [-0.39, 0.29) is 0 Å². The quantitative estimate of drug-likeness (QED) is 0.698. The molecule has 1 aromatic carbocycles. The molecule has 0 aliphatic carbocycles. The molecule has 0 aliphatic rings. The first-order valence-corrected chi connectivity index (χ1v) is 7.46. The zero-order valence-electron chi connectivity index (χ0n) is 9.56. The van der Waals surface area contributed by atoms with Crippen LogP contribution in [0.3, 0.4) is 0 Å². The van der Waals surface area contributed by atoms with Gasteiger partial charge in [-0.3, -0.25) is 0 Å². The smallest absolute Gasteiger partial charge is 0.179 e. The van der Waals surface area contributed by atoms with E-state index in [4.69, 9.17) is 21.9 Å². The summed E-state index contributed by atoms with van der Waals surface area (Å²) < 4.78 is 6.28. The molecule has 2 N–H and O–H groups in total. The largest absolute Gasteiger partial charge is 0.380 e. The second kappa shape index (κ2) is 5.00. The molecule has 0 saturated heterocycles. The van der Waals surface area contributed by atoms with E-state index in [1.807, 2.05) is 29.6 Å². The maximum absolute atomic E-state index is 6.23. The minimum Gasteiger partial charge on any atom is -0.380 e. The third kappa shape index (κ3) is 2.29. The van der Waals surface area contributed by atoms with E-state index in [1.165, 1.54) is 0 Å². The van der Waals surface area contributed by atoms with Gasteiger partial charge in [-0.2, -0.15) is 0 Å². The van der Waals surface area contributed by atoms with Gasteiger partial charge in [-0.1, -0.05) is 38.8 Å². The summed E-state index contributed by atoms with van der Waals surface area (Å²) in [6, 6.07) is 9.50. The Labute approximate surface area is 127 Å². The van der Waals surface area contributed by atoms with Crippen molar-refractivity contribution < 1.29 is 4.52 Å². The summed E-state index contributed by atoms with van der Waals surface area (Å²) in [5.41, 5.74) is 7.46. The third-order valence-corrected chi connectivity index (χ3v) is 4.37. The normalized spacial score (nSPS) is 10.8. The van der Waals surface area contributed by atoms with Gasteiger partial charge in [0.25, 0.3) is 0 Å². The van der Waals surface area contributed by atoms with Crippen LogP contribution in [0.1, 0.15) is 0 Å². The molecule has 96 valence electrons. The summed E-state index contributed by atoms with van der Waals surface area (Å²) in [7, 11) is 0. The number of anilines is 1. The zero-order chi connectivity index (χ0) is 13.4. The molecule has 0 unspecified atom stereocenters. The van der Waals surface area contributed by atoms with Crippen LogP contribution in [0.25, 0.3) is 21.8 Å². The Hall–Kier alpha value is -1.30. The van der Waals surface area contributed by atoms with Gasteiger partial charge >= 0.3 is 0 Å². The molecule has 0 fully saturated rings. The van der Waals surface area contributed by atoms with Gasteiger partial charge in [-0.15, -0.1) is 11.3 Å². The number of hydrogen-bond donors (Lipinski definition) is 1. The standard InChI is InChI=1S/C13H8BrClN2OS/c14-7-3-4-9(15)8(6-7)12-11(13(16)17-18-12)10-2-1-5-19-10/h1-6H,(H2,16,17). The van der Waals surface area contributed by atoms with Crippen molar-refractivity contribution in [1.82, 2.24) is 5.16 Å². The van der Waals surface area contributed by atoms with Crippen LogP contribution in [0.15, 0.2) is 44.7 Å². The second-order valence-electron chi connectivity index (χ2n) is 3.87. The highest BCUT2D eigenvalue weighted by Crippen LogP contribution is 2.41. The van der Waals surface area contributed by atoms with E-state index in [2.05, 4.69) is 21.1 Å². The van der Waals surface area contributed by atoms with Crippen LogP contribution in [-0.4, -0.2) is 5.16 Å². The van der Waals surface area contributed by atoms with E-state index >= 15 is 0 Å². The first-order valence-electron chi connectivity index (χ1n) is 5.41. The number of hydrogen-bond acceptors (Lipinski definition) is 4. The van der Waals surface area contributed by atoms with Crippen molar-refractivity contribution in [2.24, 2.45) is 0 Å². The van der Waals surface area contributed by atoms with E-state index in [9.17, 15) is 0 Å². The maximum Gasteiger partial charge on any atom is 0.179 e. The zero-order valence-corrected chi connectivity index (χ0v) is 12.7. The molecular weight excluding hydrogens is 348 g/mol. The van der Waals surface area contributed by atoms with Gasteiger partial charge in [0.2, 0.25) is 0 Å². The molecule has 6 heteroatoms. The minimum atomic E-state index is 0.369. The number of rotatable bonds is 2. The van der Waals surface area contributed by atoms with Crippen molar-refractivity contribution in [2.45, 2.75) is 0 Å². The Balaban J connectivity index is 2.24. The lowest BCUT2D eigenvalue weighted by Gasteiger charge is -2.03. The molecule has 0 aliphatic heterocycles. The van der Waals surface area contributed by atoms with Crippen LogP contribution < -0.4 is 5.73 Å². The van der Waals surface area contributed by atoms with E-state index in [1.54, 1.807) is 17.4 Å². The molecule has 3 nitrogen and oxygen atoms in total. The molecule has 0 spiro atoms. The van der Waals surface area contributed by atoms with Gasteiger partial charge in [-0.05, 0) is 29.6 Å². The van der Waals surface area contributed by atoms with Gasteiger partial charge in [0.05, 0.1) is 10.6 Å². The Morgan fingerprint density at radius 2 is 2.16 bits per heavy atom. The number of benzene rings is 1. The fraction of sp³-hybridized carbons (Fsp3) is 0. The summed E-state index contributed by atoms with van der Waals surface area (Å²) in [5, 5.41) is 6.43. The lowest BCUT2D eigenvalue weighted by Crippen LogP contribution is -1.87. The predicted molar refractivity (Wildman–Crippen MR) is 82.4 cm³/mol. The van der Waals surface area contributed by atoms with Crippen molar-refractivity contribution in [3.63, 3.8) is 0 Å². The topological polar surface area (TPSA) is 52.0 Å². The first kappa shape index (κ1) is 12.7. The first-order chi connectivity index (χ1) is 9.16. The van der Waals surface area contributed by atoms with Crippen molar-refractivity contribution in [1.29, 1.82) is 0 Å². The molecule has 0 amide bonds. The van der Waals surface area contributed by atoms with Crippen molar-refractivity contribution in [2.75, 3.05) is 5.73 Å². The number of aromatic nitrogens is 1. The maximum atomic E-state index is 6.23. The molecule has 0 radical (unpaired) electrons. The van der Waals surface area contributed by atoms with Crippen molar-refractivity contribution in [3.8, 4) is 21.8 Å². The number of halogens is 2. The average molecular weight is 356 g/mol. The van der Waals surface area contributed by atoms with Gasteiger partial charge < -0.3 is 10.3 Å². The molecule has 19 heavy (non-hydrogen) atoms. The van der Waals surface area contributed by atoms with E-state index in [0.29, 0.717) is 16.6 Å². The third-order valence-electron chi connectivity index (χ3n) is 2.66. The van der Waals surface area contributed by atoms with Crippen LogP contribution in [0.4, 0.5) is 5.82 Å². The van der Waals surface area contributed by atoms with Gasteiger partial charge in [-0.25, -0.2) is 0 Å². The monoisotopic (exact) mass is 354 g/mol. The van der Waals surface area contributed by atoms with Gasteiger partial charge in [0.1, 0.15) is 0 Å². The summed E-state index contributed by atoms with van der Waals surface area (Å²) in [5.74, 6) is 0.958. The van der Waals surface area contributed by atoms with Gasteiger partial charge in [0, 0.05) is 14.9 Å². The SMILES string of the molecule is Nc1noc(-c2cc(Br)ccc2Cl)c1-c1cccs1. The molecule has 3 rings (SSSR count). The Bertz CT molecular complexity index is 724. The highest BCUT2D eigenvalue weighted by Gasteiger charge is 2.20. The molecular formula is C13H8BrClN2OS. The predicted octanol–water partition coefficient (Wildman–Crippen LogP) is 5.07. The molecule has 0 saturated carbocycles. The highest BCUT2D eigenvalue weighted by atomic mass is 79.9. The average Bonchev–Trinajstić information content (AvgIpc) is 3.01. The summed E-state index contributed by atoms with van der Waals surface area (Å²) >= 11 is 11.2. The van der Waals surface area contributed by atoms with Crippen LogP contribution in [0, 0.1) is 0 Å². The lowest BCUT2D eigenvalue weighted by molar-refractivity contribution is 0.436. The number of nitrogens with two attached hydrogens (primary N) is 1. The minimum absolute atomic E-state index is 0.369. The van der Waals surface area contributed by atoms with Crippen LogP contribution in [0.2, 0.25) is 5.02 Å². The van der Waals surface area contributed by atoms with Crippen molar-refractivity contribution in [3.05, 3.63) is 45.2 Å². The fourth-order valence-electron chi connectivity index (χ4n) is 1.82. The van der Waals surface area contributed by atoms with Crippen LogP contribution in [-0.2, 0) is 0 Å². The lowest BCUT2D eigenvalue weighted by atomic mass is 10.1. The highest BCUT2D eigenvalue weighted by molar-refractivity contribution is 9.10. The van der Waals surface area contributed by atoms with E-state index < -0.39 is 0 Å². The van der Waals surface area contributed by atoms with Crippen molar-refractivity contribution >= 4 is 44.7 Å². The number of nitrogens with zero attached hydrogens (tertiary/aromatic N) is 1. The molecule has 2 heterocycles. The number of nitrogen functional groups attached to an aromatic ring is 1. The van der Waals surface area contributed by atoms with Gasteiger partial charge in [0.15, 0.2) is 11.6 Å². The number of thiophene rings is 1. The Morgan fingerprint density at radius 1 is 1.32 bits per heavy atom. The Kier molecular flexibility index (Phi) is 3.35. The summed E-state index contributed by atoms with van der Waals surface area (Å²) in [4.78, 5) is 1.00.